The molecule has 0 radical (unpaired) electrons. The Morgan fingerprint density at radius 3 is 2.28 bits per heavy atom. The lowest BCUT2D eigenvalue weighted by Crippen LogP contribution is -2.29. The maximum Gasteiger partial charge on any atom is 0.181 e. The van der Waals surface area contributed by atoms with Crippen molar-refractivity contribution >= 4 is 47.9 Å². The first kappa shape index (κ1) is 22.9. The largest absolute Gasteiger partial charge is 0.399 e. The van der Waals surface area contributed by atoms with Crippen LogP contribution in [-0.2, 0) is 9.84 Å². The topological polar surface area (TPSA) is 143 Å². The number of aliphatic hydroxyl groups excluding tert-OH is 2. The van der Waals surface area contributed by atoms with Gasteiger partial charge >= 0.3 is 0 Å². The van der Waals surface area contributed by atoms with Crippen molar-refractivity contribution in [2.75, 3.05) is 48.9 Å². The normalized spacial score (nSPS) is 11.2. The number of rotatable bonds is 6. The molecule has 2 aromatic carbocycles. The maximum absolute atomic E-state index is 11.2. The van der Waals surface area contributed by atoms with Crippen LogP contribution in [0.1, 0.15) is 5.56 Å². The molecule has 0 aliphatic rings. The Morgan fingerprint density at radius 2 is 1.72 bits per heavy atom. The predicted octanol–water partition coefficient (Wildman–Crippen LogP) is 1.65. The van der Waals surface area contributed by atoms with Crippen LogP contribution in [0.5, 0.6) is 0 Å². The minimum Gasteiger partial charge on any atom is -0.399 e. The average Bonchev–Trinajstić information content (AvgIpc) is 3.03. The molecule has 0 spiro atoms. The van der Waals surface area contributed by atoms with Crippen molar-refractivity contribution in [1.29, 1.82) is 0 Å². The van der Waals surface area contributed by atoms with E-state index in [0.29, 0.717) is 23.1 Å². The minimum absolute atomic E-state index is 0.0728. The van der Waals surface area contributed by atoms with Crippen LogP contribution in [0.2, 0.25) is 0 Å². The summed E-state index contributed by atoms with van der Waals surface area (Å²) in [6.45, 7) is 3.12. The number of hydrogen-bond acceptors (Lipinski definition) is 9. The van der Waals surface area contributed by atoms with Crippen LogP contribution in [0.25, 0.3) is 10.2 Å². The predicted molar refractivity (Wildman–Crippen MR) is 119 cm³/mol. The Morgan fingerprint density at radius 1 is 1.07 bits per heavy atom. The second-order valence-electron chi connectivity index (χ2n) is 6.43. The van der Waals surface area contributed by atoms with Gasteiger partial charge < -0.3 is 26.6 Å². The molecule has 0 amide bonds. The second-order valence-corrected chi connectivity index (χ2v) is 9.51. The summed E-state index contributed by atoms with van der Waals surface area (Å²) in [5, 5.41) is 18.3. The summed E-state index contributed by atoms with van der Waals surface area (Å²) >= 11 is 1.28. The van der Waals surface area contributed by atoms with E-state index in [2.05, 4.69) is 4.98 Å². The molecule has 6 N–H and O–H groups in total. The zero-order valence-electron chi connectivity index (χ0n) is 16.4. The Labute approximate surface area is 174 Å². The molecule has 158 valence electrons. The first-order valence-electron chi connectivity index (χ1n) is 8.84. The van der Waals surface area contributed by atoms with Crippen LogP contribution >= 0.6 is 11.3 Å². The molecule has 10 heteroatoms. The molecule has 3 rings (SSSR count). The van der Waals surface area contributed by atoms with E-state index in [-0.39, 0.29) is 13.2 Å². The Bertz CT molecular complexity index is 1060. The lowest BCUT2D eigenvalue weighted by atomic mass is 10.1. The second kappa shape index (κ2) is 9.88. The molecule has 0 fully saturated rings. The Kier molecular flexibility index (Phi) is 7.80. The van der Waals surface area contributed by atoms with E-state index in [1.54, 1.807) is 12.1 Å². The van der Waals surface area contributed by atoms with Crippen molar-refractivity contribution < 1.29 is 18.6 Å². The maximum atomic E-state index is 11.2. The lowest BCUT2D eigenvalue weighted by molar-refractivity contribution is 0.281. The van der Waals surface area contributed by atoms with Crippen molar-refractivity contribution in [3.8, 4) is 0 Å². The summed E-state index contributed by atoms with van der Waals surface area (Å²) in [6.07, 6.45) is 1.18. The van der Waals surface area contributed by atoms with Gasteiger partial charge in [0.25, 0.3) is 0 Å². The number of aromatic nitrogens is 1. The molecule has 0 bridgehead atoms. The fourth-order valence-electron chi connectivity index (χ4n) is 2.62. The van der Waals surface area contributed by atoms with Crippen molar-refractivity contribution in [2.45, 2.75) is 11.8 Å². The SMILES string of the molecule is CS(=O)(=O)c1ccc2nc(N)sc2c1.Cc1cc(N(CCO)CCO)ccc1N. The number of aryl methyl sites for hydroxylation is 1. The lowest BCUT2D eigenvalue weighted by Gasteiger charge is -2.23. The van der Waals surface area contributed by atoms with Gasteiger partial charge in [0, 0.05) is 30.7 Å². The highest BCUT2D eigenvalue weighted by atomic mass is 32.2. The molecule has 0 atom stereocenters. The van der Waals surface area contributed by atoms with Crippen LogP contribution in [0.4, 0.5) is 16.5 Å². The summed E-state index contributed by atoms with van der Waals surface area (Å²) in [7, 11) is -3.15. The first-order chi connectivity index (χ1) is 13.7. The number of nitrogens with two attached hydrogens (primary N) is 2. The van der Waals surface area contributed by atoms with Crippen LogP contribution in [0, 0.1) is 6.92 Å². The fraction of sp³-hybridized carbons (Fsp3) is 0.316. The smallest absolute Gasteiger partial charge is 0.181 e. The van der Waals surface area contributed by atoms with Crippen LogP contribution < -0.4 is 16.4 Å². The number of nitrogens with zero attached hydrogens (tertiary/aromatic N) is 2. The third-order valence-electron chi connectivity index (χ3n) is 4.16. The van der Waals surface area contributed by atoms with Gasteiger partial charge in [-0.05, 0) is 48.9 Å². The average molecular weight is 439 g/mol. The molecular weight excluding hydrogens is 412 g/mol. The van der Waals surface area contributed by atoms with Crippen LogP contribution in [0.15, 0.2) is 41.3 Å². The van der Waals surface area contributed by atoms with E-state index in [1.807, 2.05) is 30.0 Å². The van der Waals surface area contributed by atoms with E-state index in [4.69, 9.17) is 21.7 Å². The summed E-state index contributed by atoms with van der Waals surface area (Å²) in [5.41, 5.74) is 14.7. The zero-order chi connectivity index (χ0) is 21.6. The number of anilines is 3. The van der Waals surface area contributed by atoms with Gasteiger partial charge in [-0.1, -0.05) is 11.3 Å². The van der Waals surface area contributed by atoms with E-state index in [9.17, 15) is 8.42 Å². The van der Waals surface area contributed by atoms with Gasteiger partial charge in [0.15, 0.2) is 15.0 Å². The monoisotopic (exact) mass is 438 g/mol. The third-order valence-corrected chi connectivity index (χ3v) is 6.12. The van der Waals surface area contributed by atoms with E-state index >= 15 is 0 Å². The van der Waals surface area contributed by atoms with Gasteiger partial charge in [0.05, 0.1) is 28.3 Å². The fourth-order valence-corrected chi connectivity index (χ4v) is 4.12. The summed E-state index contributed by atoms with van der Waals surface area (Å²) in [6, 6.07) is 10.5. The molecule has 0 aliphatic carbocycles. The first-order valence-corrected chi connectivity index (χ1v) is 11.6. The molecular formula is C19H26N4O4S2. The quantitative estimate of drug-likeness (QED) is 0.426. The van der Waals surface area contributed by atoms with Gasteiger partial charge in [-0.25, -0.2) is 13.4 Å². The highest BCUT2D eigenvalue weighted by molar-refractivity contribution is 7.90. The summed E-state index contributed by atoms with van der Waals surface area (Å²) in [5.74, 6) is 0. The molecule has 1 aromatic heterocycles. The zero-order valence-corrected chi connectivity index (χ0v) is 18.0. The number of aliphatic hydroxyl groups is 2. The van der Waals surface area contributed by atoms with E-state index in [0.717, 1.165) is 27.2 Å². The number of benzene rings is 2. The van der Waals surface area contributed by atoms with Gasteiger partial charge in [0.2, 0.25) is 0 Å². The van der Waals surface area contributed by atoms with Gasteiger partial charge in [-0.15, -0.1) is 0 Å². The molecule has 29 heavy (non-hydrogen) atoms. The van der Waals surface area contributed by atoms with Gasteiger partial charge in [0.1, 0.15) is 0 Å². The molecule has 8 nitrogen and oxygen atoms in total. The van der Waals surface area contributed by atoms with Crippen molar-refractivity contribution in [3.63, 3.8) is 0 Å². The Hall–Kier alpha value is -2.40. The van der Waals surface area contributed by atoms with Gasteiger partial charge in [-0.2, -0.15) is 0 Å². The highest BCUT2D eigenvalue weighted by Crippen LogP contribution is 2.26. The molecule has 0 unspecified atom stereocenters. The van der Waals surface area contributed by atoms with Crippen molar-refractivity contribution in [3.05, 3.63) is 42.0 Å². The molecule has 0 saturated heterocycles. The highest BCUT2D eigenvalue weighted by Gasteiger charge is 2.09. The molecule has 3 aromatic rings. The molecule has 0 aliphatic heterocycles. The molecule has 0 saturated carbocycles. The molecule has 1 heterocycles. The number of sulfone groups is 1. The summed E-state index contributed by atoms with van der Waals surface area (Å²) in [4.78, 5) is 6.26. The number of hydrogen-bond donors (Lipinski definition) is 4. The Balaban J connectivity index is 0.000000207. The van der Waals surface area contributed by atoms with Crippen molar-refractivity contribution in [1.82, 2.24) is 4.98 Å². The van der Waals surface area contributed by atoms with Crippen molar-refractivity contribution in [2.24, 2.45) is 0 Å². The van der Waals surface area contributed by atoms with Crippen LogP contribution in [0.3, 0.4) is 0 Å². The van der Waals surface area contributed by atoms with Crippen LogP contribution in [-0.4, -0.2) is 56.2 Å². The standard InChI is InChI=1S/C11H18N2O2.C8H8N2O2S2/c1-9-8-10(2-3-11(9)12)13(4-6-14)5-7-15;1-14(11,12)5-2-3-6-7(4-5)13-8(9)10-6/h2-3,8,14-15H,4-7,12H2,1H3;2-4H,1H3,(H2,9,10). The number of nitrogen functional groups attached to an aromatic ring is 2. The van der Waals surface area contributed by atoms with E-state index < -0.39 is 9.84 Å². The van der Waals surface area contributed by atoms with E-state index in [1.165, 1.54) is 23.7 Å². The number of thiazole rings is 1. The van der Waals surface area contributed by atoms with Gasteiger partial charge in [-0.3, -0.25) is 0 Å². The minimum atomic E-state index is -3.15. The number of fused-ring (bicyclic) bond motifs is 1. The third kappa shape index (κ3) is 6.29. The summed E-state index contributed by atoms with van der Waals surface area (Å²) < 4.78 is 23.3.